The molecule has 0 spiro atoms. The average molecular weight is 399 g/mol. The molecule has 1 saturated heterocycles. The van der Waals surface area contributed by atoms with Crippen molar-refractivity contribution in [3.8, 4) is 0 Å². The molecule has 0 unspecified atom stereocenters. The summed E-state index contributed by atoms with van der Waals surface area (Å²) in [5.74, 6) is -0.141. The first-order valence-electron chi connectivity index (χ1n) is 7.02. The van der Waals surface area contributed by atoms with Gasteiger partial charge in [-0.15, -0.1) is 0 Å². The van der Waals surface area contributed by atoms with Crippen molar-refractivity contribution in [2.75, 3.05) is 26.2 Å². The highest BCUT2D eigenvalue weighted by Crippen LogP contribution is 2.21. The van der Waals surface area contributed by atoms with Crippen molar-refractivity contribution in [1.82, 2.24) is 19.4 Å². The number of amides is 1. The minimum Gasteiger partial charge on any atom is -0.336 e. The van der Waals surface area contributed by atoms with E-state index in [1.165, 1.54) is 16.7 Å². The van der Waals surface area contributed by atoms with Crippen LogP contribution in [0.5, 0.6) is 0 Å². The van der Waals surface area contributed by atoms with Gasteiger partial charge in [0.25, 0.3) is 5.91 Å². The van der Waals surface area contributed by atoms with Crippen LogP contribution in [-0.2, 0) is 10.0 Å². The molecule has 122 valence electrons. The third kappa shape index (κ3) is 3.31. The van der Waals surface area contributed by atoms with Gasteiger partial charge >= 0.3 is 0 Å². The second-order valence-electron chi connectivity index (χ2n) is 5.14. The minimum absolute atomic E-state index is 0.141. The zero-order chi connectivity index (χ0) is 16.4. The van der Waals surface area contributed by atoms with Gasteiger partial charge in [-0.1, -0.05) is 22.0 Å². The summed E-state index contributed by atoms with van der Waals surface area (Å²) in [5.41, 5.74) is 0.480. The van der Waals surface area contributed by atoms with E-state index in [-0.39, 0.29) is 23.9 Å². The molecule has 0 radical (unpaired) electrons. The van der Waals surface area contributed by atoms with Crippen molar-refractivity contribution in [3.05, 3.63) is 46.7 Å². The molecule has 0 aliphatic carbocycles. The number of piperazine rings is 1. The van der Waals surface area contributed by atoms with Crippen LogP contribution in [-0.4, -0.2) is 59.9 Å². The number of hydrogen-bond donors (Lipinski definition) is 1. The molecule has 23 heavy (non-hydrogen) atoms. The van der Waals surface area contributed by atoms with Gasteiger partial charge in [-0.05, 0) is 18.2 Å². The number of sulfonamides is 1. The molecular formula is C14H15BrN4O3S. The van der Waals surface area contributed by atoms with E-state index in [0.717, 1.165) is 0 Å². The first kappa shape index (κ1) is 16.2. The molecule has 0 atom stereocenters. The predicted molar refractivity (Wildman–Crippen MR) is 87.4 cm³/mol. The number of nitrogens with zero attached hydrogens (tertiary/aromatic N) is 3. The summed E-state index contributed by atoms with van der Waals surface area (Å²) in [6.07, 6.45) is 3.00. The summed E-state index contributed by atoms with van der Waals surface area (Å²) in [6.45, 7) is 1.27. The van der Waals surface area contributed by atoms with Gasteiger partial charge in [0.05, 0.1) is 16.7 Å². The molecule has 7 nitrogen and oxygen atoms in total. The highest BCUT2D eigenvalue weighted by Gasteiger charge is 2.30. The first-order chi connectivity index (χ1) is 11.0. The van der Waals surface area contributed by atoms with E-state index in [1.54, 1.807) is 29.2 Å². The Labute approximate surface area is 142 Å². The number of rotatable bonds is 3. The molecule has 0 bridgehead atoms. The van der Waals surface area contributed by atoms with Crippen molar-refractivity contribution in [2.45, 2.75) is 4.90 Å². The Kier molecular flexibility index (Phi) is 4.51. The molecule has 3 rings (SSSR count). The van der Waals surface area contributed by atoms with Crippen molar-refractivity contribution in [2.24, 2.45) is 0 Å². The van der Waals surface area contributed by atoms with Crippen LogP contribution in [0.3, 0.4) is 0 Å². The lowest BCUT2D eigenvalue weighted by Crippen LogP contribution is -2.50. The topological polar surface area (TPSA) is 86.4 Å². The maximum Gasteiger partial charge on any atom is 0.257 e. The Hall–Kier alpha value is -1.71. The van der Waals surface area contributed by atoms with E-state index in [4.69, 9.17) is 0 Å². The number of H-pyrrole nitrogens is 1. The second-order valence-corrected chi connectivity index (χ2v) is 7.99. The van der Waals surface area contributed by atoms with Crippen LogP contribution in [0, 0.1) is 0 Å². The summed E-state index contributed by atoms with van der Waals surface area (Å²) in [7, 11) is -3.54. The Balaban J connectivity index is 1.70. The molecule has 1 aromatic heterocycles. The zero-order valence-corrected chi connectivity index (χ0v) is 14.5. The van der Waals surface area contributed by atoms with Gasteiger partial charge in [-0.3, -0.25) is 9.89 Å². The molecule has 2 heterocycles. The van der Waals surface area contributed by atoms with Gasteiger partial charge in [0, 0.05) is 36.8 Å². The lowest BCUT2D eigenvalue weighted by Gasteiger charge is -2.33. The SMILES string of the molecule is O=C(c1cn[nH]c1)N1CCN(S(=O)(=O)c2cccc(Br)c2)CC1. The molecule has 1 fully saturated rings. The average Bonchev–Trinajstić information content (AvgIpc) is 3.09. The van der Waals surface area contributed by atoms with Crippen molar-refractivity contribution >= 4 is 31.9 Å². The number of halogens is 1. The number of nitrogens with one attached hydrogen (secondary N) is 1. The summed E-state index contributed by atoms with van der Waals surface area (Å²) < 4.78 is 27.4. The summed E-state index contributed by atoms with van der Waals surface area (Å²) in [4.78, 5) is 14.1. The maximum absolute atomic E-state index is 12.6. The lowest BCUT2D eigenvalue weighted by molar-refractivity contribution is 0.0698. The Bertz CT molecular complexity index is 799. The molecule has 1 aliphatic heterocycles. The van der Waals surface area contributed by atoms with Crippen LogP contribution in [0.4, 0.5) is 0 Å². The van der Waals surface area contributed by atoms with Gasteiger partial charge < -0.3 is 4.90 Å². The van der Waals surface area contributed by atoms with E-state index in [0.29, 0.717) is 23.1 Å². The number of aromatic amines is 1. The van der Waals surface area contributed by atoms with E-state index >= 15 is 0 Å². The summed E-state index contributed by atoms with van der Waals surface area (Å²) in [6, 6.07) is 6.62. The van der Waals surface area contributed by atoms with Gasteiger partial charge in [0.15, 0.2) is 0 Å². The van der Waals surface area contributed by atoms with Crippen LogP contribution in [0.2, 0.25) is 0 Å². The van der Waals surface area contributed by atoms with Gasteiger partial charge in [0.2, 0.25) is 10.0 Å². The van der Waals surface area contributed by atoms with Gasteiger partial charge in [-0.25, -0.2) is 8.42 Å². The van der Waals surface area contributed by atoms with Gasteiger partial charge in [-0.2, -0.15) is 9.40 Å². The maximum atomic E-state index is 12.6. The molecule has 9 heteroatoms. The molecule has 1 aliphatic rings. The Morgan fingerprint density at radius 2 is 1.96 bits per heavy atom. The summed E-state index contributed by atoms with van der Waals surface area (Å²) in [5, 5.41) is 6.36. The largest absolute Gasteiger partial charge is 0.336 e. The fourth-order valence-electron chi connectivity index (χ4n) is 2.46. The molecule has 1 N–H and O–H groups in total. The standard InChI is InChI=1S/C14H15BrN4O3S/c15-12-2-1-3-13(8-12)23(21,22)19-6-4-18(5-7-19)14(20)11-9-16-17-10-11/h1-3,8-10H,4-7H2,(H,16,17). The monoisotopic (exact) mass is 398 g/mol. The highest BCUT2D eigenvalue weighted by atomic mass is 79.9. The minimum atomic E-state index is -3.54. The zero-order valence-electron chi connectivity index (χ0n) is 12.1. The van der Waals surface area contributed by atoms with Crippen LogP contribution < -0.4 is 0 Å². The van der Waals surface area contributed by atoms with Crippen molar-refractivity contribution < 1.29 is 13.2 Å². The number of aromatic nitrogens is 2. The number of hydrogen-bond acceptors (Lipinski definition) is 4. The molecule has 2 aromatic rings. The lowest BCUT2D eigenvalue weighted by atomic mass is 10.2. The van der Waals surface area contributed by atoms with Crippen LogP contribution >= 0.6 is 15.9 Å². The fourth-order valence-corrected chi connectivity index (χ4v) is 4.48. The quantitative estimate of drug-likeness (QED) is 0.844. The van der Waals surface area contributed by atoms with Gasteiger partial charge in [0.1, 0.15) is 0 Å². The third-order valence-electron chi connectivity index (χ3n) is 3.70. The Morgan fingerprint density at radius 3 is 2.57 bits per heavy atom. The summed E-state index contributed by atoms with van der Waals surface area (Å²) >= 11 is 3.28. The van der Waals surface area contributed by atoms with Crippen LogP contribution in [0.15, 0.2) is 46.0 Å². The predicted octanol–water partition coefficient (Wildman–Crippen LogP) is 1.32. The van der Waals surface area contributed by atoms with Crippen LogP contribution in [0.1, 0.15) is 10.4 Å². The number of carbonyl (C=O) groups excluding carboxylic acids is 1. The fraction of sp³-hybridized carbons (Fsp3) is 0.286. The van der Waals surface area contributed by atoms with Crippen LogP contribution in [0.25, 0.3) is 0 Å². The van der Waals surface area contributed by atoms with E-state index < -0.39 is 10.0 Å². The van der Waals surface area contributed by atoms with E-state index in [2.05, 4.69) is 26.1 Å². The number of carbonyl (C=O) groups is 1. The van der Waals surface area contributed by atoms with E-state index in [9.17, 15) is 13.2 Å². The molecular weight excluding hydrogens is 384 g/mol. The number of benzene rings is 1. The molecule has 1 amide bonds. The van der Waals surface area contributed by atoms with E-state index in [1.807, 2.05) is 0 Å². The Morgan fingerprint density at radius 1 is 1.22 bits per heavy atom. The highest BCUT2D eigenvalue weighted by molar-refractivity contribution is 9.10. The second kappa shape index (κ2) is 6.42. The molecule has 0 saturated carbocycles. The smallest absolute Gasteiger partial charge is 0.257 e. The normalized spacial score (nSPS) is 16.5. The molecule has 1 aromatic carbocycles. The third-order valence-corrected chi connectivity index (χ3v) is 6.09. The van der Waals surface area contributed by atoms with Crippen molar-refractivity contribution in [3.63, 3.8) is 0 Å². The first-order valence-corrected chi connectivity index (χ1v) is 9.25. The van der Waals surface area contributed by atoms with Crippen molar-refractivity contribution in [1.29, 1.82) is 0 Å².